The summed E-state index contributed by atoms with van der Waals surface area (Å²) >= 11 is 0. The maximum atomic E-state index is 12.5. The van der Waals surface area contributed by atoms with Crippen molar-refractivity contribution in [1.29, 1.82) is 0 Å². The average Bonchev–Trinajstić information content (AvgIpc) is 2.12. The molecule has 0 saturated heterocycles. The molecule has 0 aliphatic rings. The van der Waals surface area contributed by atoms with Crippen LogP contribution in [0.4, 0.5) is 13.2 Å². The van der Waals surface area contributed by atoms with Gasteiger partial charge in [-0.3, -0.25) is 0 Å². The molecule has 0 atom stereocenters. The molecule has 1 aromatic carbocycles. The summed E-state index contributed by atoms with van der Waals surface area (Å²) < 4.78 is 62.1. The molecule has 18 heavy (non-hydrogen) atoms. The summed E-state index contributed by atoms with van der Waals surface area (Å²) in [4.78, 5) is 11.2. The molecule has 1 aromatic rings. The molecule has 9 heteroatoms. The minimum absolute atomic E-state index is 0.131. The maximum absolute atomic E-state index is 12.5. The Balaban J connectivity index is 3.19. The van der Waals surface area contributed by atoms with Gasteiger partial charge in [-0.2, -0.15) is 26.7 Å². The van der Waals surface area contributed by atoms with Crippen molar-refractivity contribution in [2.24, 2.45) is 5.14 Å². The highest BCUT2D eigenvalue weighted by atomic mass is 32.2. The third-order valence-corrected chi connectivity index (χ3v) is 2.22. The third-order valence-electron chi connectivity index (χ3n) is 1.83. The van der Waals surface area contributed by atoms with Gasteiger partial charge in [0.05, 0.1) is 11.1 Å². The molecule has 0 spiro atoms. The Kier molecular flexibility index (Phi) is 3.67. The van der Waals surface area contributed by atoms with Crippen molar-refractivity contribution < 1.29 is 30.6 Å². The van der Waals surface area contributed by atoms with Crippen LogP contribution in [0.5, 0.6) is 0 Å². The van der Waals surface area contributed by atoms with Crippen molar-refractivity contribution in [1.82, 2.24) is 0 Å². The van der Waals surface area contributed by atoms with E-state index in [1.807, 2.05) is 0 Å². The van der Waals surface area contributed by atoms with E-state index >= 15 is 0 Å². The van der Waals surface area contributed by atoms with E-state index in [1.165, 1.54) is 6.92 Å². The topological polar surface area (TPSA) is 86.5 Å². The number of hydrogen-bond acceptors (Lipinski definition) is 4. The standard InChI is InChI=1S/C9H8F3NO4S/c1-5-2-6(8(14)17-18(13,15)16)4-7(3-5)9(10,11)12/h2-4H,1H3,(H2,13,15,16). The van der Waals surface area contributed by atoms with Gasteiger partial charge in [-0.25, -0.2) is 4.79 Å². The van der Waals surface area contributed by atoms with Crippen molar-refractivity contribution in [3.63, 3.8) is 0 Å². The molecule has 0 aliphatic carbocycles. The smallest absolute Gasteiger partial charge is 0.330 e. The molecule has 0 radical (unpaired) electrons. The number of nitrogens with two attached hydrogens (primary N) is 1. The Labute approximate surface area is 101 Å². The lowest BCUT2D eigenvalue weighted by atomic mass is 10.1. The molecule has 0 heterocycles. The SMILES string of the molecule is Cc1cc(C(=O)OS(N)(=O)=O)cc(C(F)(F)F)c1. The largest absolute Gasteiger partial charge is 0.416 e. The summed E-state index contributed by atoms with van der Waals surface area (Å²) in [5.74, 6) is -1.47. The Morgan fingerprint density at radius 2 is 1.83 bits per heavy atom. The normalized spacial score (nSPS) is 12.3. The summed E-state index contributed by atoms with van der Waals surface area (Å²) in [6, 6.07) is 2.36. The Morgan fingerprint density at radius 3 is 2.28 bits per heavy atom. The van der Waals surface area contributed by atoms with Crippen molar-refractivity contribution in [3.8, 4) is 0 Å². The van der Waals surface area contributed by atoms with E-state index in [0.29, 0.717) is 6.07 Å². The van der Waals surface area contributed by atoms with Crippen LogP contribution in [0.3, 0.4) is 0 Å². The minimum Gasteiger partial charge on any atom is -0.330 e. The van der Waals surface area contributed by atoms with Crippen molar-refractivity contribution in [3.05, 3.63) is 34.9 Å². The van der Waals surface area contributed by atoms with Crippen LogP contribution < -0.4 is 5.14 Å². The van der Waals surface area contributed by atoms with Gasteiger partial charge in [0, 0.05) is 0 Å². The zero-order chi connectivity index (χ0) is 14.1. The maximum Gasteiger partial charge on any atom is 0.416 e. The van der Waals surface area contributed by atoms with Crippen LogP contribution in [0.1, 0.15) is 21.5 Å². The second-order valence-electron chi connectivity index (χ2n) is 3.45. The van der Waals surface area contributed by atoms with Gasteiger partial charge in [0.1, 0.15) is 0 Å². The Morgan fingerprint density at radius 1 is 1.28 bits per heavy atom. The van der Waals surface area contributed by atoms with Gasteiger partial charge in [0.15, 0.2) is 0 Å². The lowest BCUT2D eigenvalue weighted by Gasteiger charge is -2.09. The van der Waals surface area contributed by atoms with E-state index in [1.54, 1.807) is 0 Å². The molecule has 100 valence electrons. The predicted molar refractivity (Wildman–Crippen MR) is 54.7 cm³/mol. The summed E-state index contributed by atoms with van der Waals surface area (Å²) in [7, 11) is -4.56. The third kappa shape index (κ3) is 4.00. The van der Waals surface area contributed by atoms with Gasteiger partial charge < -0.3 is 4.18 Å². The molecule has 0 fully saturated rings. The fourth-order valence-corrected chi connectivity index (χ4v) is 1.53. The van der Waals surface area contributed by atoms with Crippen LogP contribution in [-0.2, 0) is 20.7 Å². The van der Waals surface area contributed by atoms with Crippen LogP contribution >= 0.6 is 0 Å². The van der Waals surface area contributed by atoms with Gasteiger partial charge in [-0.15, -0.1) is 0 Å². The van der Waals surface area contributed by atoms with E-state index in [-0.39, 0.29) is 5.56 Å². The number of carbonyl (C=O) groups is 1. The Hall–Kier alpha value is -1.61. The molecule has 0 aliphatic heterocycles. The predicted octanol–water partition coefficient (Wildman–Crippen LogP) is 1.37. The van der Waals surface area contributed by atoms with Crippen LogP contribution in [0.25, 0.3) is 0 Å². The molecular formula is C9H8F3NO4S. The molecule has 0 aromatic heterocycles. The van der Waals surface area contributed by atoms with Gasteiger partial charge >= 0.3 is 22.4 Å². The fraction of sp³-hybridized carbons (Fsp3) is 0.222. The summed E-state index contributed by atoms with van der Waals surface area (Å²) in [6.45, 7) is 1.32. The molecule has 0 unspecified atom stereocenters. The van der Waals surface area contributed by atoms with Gasteiger partial charge in [-0.05, 0) is 30.7 Å². The monoisotopic (exact) mass is 283 g/mol. The van der Waals surface area contributed by atoms with E-state index in [4.69, 9.17) is 0 Å². The zero-order valence-electron chi connectivity index (χ0n) is 8.98. The van der Waals surface area contributed by atoms with Crippen LogP contribution in [0.15, 0.2) is 18.2 Å². The van der Waals surface area contributed by atoms with Crippen molar-refractivity contribution >= 4 is 16.3 Å². The highest BCUT2D eigenvalue weighted by molar-refractivity contribution is 7.84. The summed E-state index contributed by atoms with van der Waals surface area (Å²) in [5.41, 5.74) is -1.49. The number of alkyl halides is 3. The van der Waals surface area contributed by atoms with Gasteiger partial charge in [-0.1, -0.05) is 0 Å². The minimum atomic E-state index is -4.65. The first-order valence-corrected chi connectivity index (χ1v) is 5.91. The summed E-state index contributed by atoms with van der Waals surface area (Å²) in [5, 5.41) is 4.44. The van der Waals surface area contributed by atoms with E-state index in [2.05, 4.69) is 9.32 Å². The number of carbonyl (C=O) groups excluding carboxylic acids is 1. The molecule has 2 N–H and O–H groups in total. The molecule has 1 rings (SSSR count). The first kappa shape index (κ1) is 14.5. The first-order chi connectivity index (χ1) is 7.99. The van der Waals surface area contributed by atoms with Gasteiger partial charge in [0.2, 0.25) is 0 Å². The lowest BCUT2D eigenvalue weighted by molar-refractivity contribution is -0.137. The molecule has 0 bridgehead atoms. The number of halogens is 3. The van der Waals surface area contributed by atoms with E-state index in [9.17, 15) is 26.4 Å². The number of rotatable bonds is 2. The van der Waals surface area contributed by atoms with Crippen LogP contribution in [0.2, 0.25) is 0 Å². The van der Waals surface area contributed by atoms with Crippen LogP contribution in [0, 0.1) is 6.92 Å². The van der Waals surface area contributed by atoms with Crippen LogP contribution in [-0.4, -0.2) is 14.4 Å². The highest BCUT2D eigenvalue weighted by Gasteiger charge is 2.31. The number of hydrogen-bond donors (Lipinski definition) is 1. The molecule has 0 amide bonds. The van der Waals surface area contributed by atoms with Crippen molar-refractivity contribution in [2.45, 2.75) is 13.1 Å². The zero-order valence-corrected chi connectivity index (χ0v) is 9.80. The number of benzene rings is 1. The van der Waals surface area contributed by atoms with Gasteiger partial charge in [0.25, 0.3) is 0 Å². The number of aryl methyl sites for hydroxylation is 1. The Bertz CT molecular complexity index is 580. The molecule has 0 saturated carbocycles. The second-order valence-corrected chi connectivity index (χ2v) is 4.60. The average molecular weight is 283 g/mol. The molecular weight excluding hydrogens is 275 g/mol. The highest BCUT2D eigenvalue weighted by Crippen LogP contribution is 2.30. The van der Waals surface area contributed by atoms with E-state index in [0.717, 1.165) is 12.1 Å². The lowest BCUT2D eigenvalue weighted by Crippen LogP contribution is -2.21. The fourth-order valence-electron chi connectivity index (χ4n) is 1.22. The van der Waals surface area contributed by atoms with E-state index < -0.39 is 33.6 Å². The quantitative estimate of drug-likeness (QED) is 0.888. The first-order valence-electron chi connectivity index (χ1n) is 4.44. The summed E-state index contributed by atoms with van der Waals surface area (Å²) in [6.07, 6.45) is -4.65. The molecule has 5 nitrogen and oxygen atoms in total. The second kappa shape index (κ2) is 4.58. The van der Waals surface area contributed by atoms with Crippen molar-refractivity contribution in [2.75, 3.05) is 0 Å².